The first-order chi connectivity index (χ1) is 10.5. The molecule has 0 aliphatic carbocycles. The van der Waals surface area contributed by atoms with Crippen molar-refractivity contribution >= 4 is 11.9 Å². The molecule has 0 spiro atoms. The molecular formula is C15H19N5O2. The number of hydrogen-bond acceptors (Lipinski definition) is 3. The summed E-state index contributed by atoms with van der Waals surface area (Å²) in [5, 5.41) is 9.68. The second-order valence-corrected chi connectivity index (χ2v) is 5.02. The van der Waals surface area contributed by atoms with Crippen LogP contribution in [0.3, 0.4) is 0 Å². The van der Waals surface area contributed by atoms with Crippen molar-refractivity contribution in [3.63, 3.8) is 0 Å². The molecule has 1 aromatic carbocycles. The Morgan fingerprint density at radius 2 is 2.05 bits per heavy atom. The van der Waals surface area contributed by atoms with Crippen molar-refractivity contribution < 1.29 is 9.59 Å². The van der Waals surface area contributed by atoms with Gasteiger partial charge in [-0.2, -0.15) is 5.10 Å². The van der Waals surface area contributed by atoms with Gasteiger partial charge in [-0.05, 0) is 30.7 Å². The maximum atomic E-state index is 11.8. The Hall–Kier alpha value is -2.83. The number of rotatable bonds is 6. The molecule has 0 fully saturated rings. The molecule has 7 heteroatoms. The Balaban J connectivity index is 1.76. The van der Waals surface area contributed by atoms with E-state index < -0.39 is 5.91 Å². The summed E-state index contributed by atoms with van der Waals surface area (Å²) < 4.78 is 1.76. The smallest absolute Gasteiger partial charge is 0.315 e. The number of amides is 3. The second kappa shape index (κ2) is 7.26. The number of nitrogens with two attached hydrogens (primary N) is 1. The second-order valence-electron chi connectivity index (χ2n) is 5.02. The molecule has 4 N–H and O–H groups in total. The predicted molar refractivity (Wildman–Crippen MR) is 82.0 cm³/mol. The summed E-state index contributed by atoms with van der Waals surface area (Å²) in [6, 6.07) is 8.33. The van der Waals surface area contributed by atoms with Gasteiger partial charge in [0.2, 0.25) is 5.91 Å². The highest BCUT2D eigenvalue weighted by Crippen LogP contribution is 2.03. The minimum Gasteiger partial charge on any atom is -0.366 e. The zero-order valence-electron chi connectivity index (χ0n) is 12.3. The van der Waals surface area contributed by atoms with Crippen LogP contribution in [0.5, 0.6) is 0 Å². The number of carbonyl (C=O) groups is 2. The van der Waals surface area contributed by atoms with Gasteiger partial charge in [0.05, 0.1) is 6.54 Å². The molecular weight excluding hydrogens is 282 g/mol. The maximum absolute atomic E-state index is 11.8. The predicted octanol–water partition coefficient (Wildman–Crippen LogP) is 0.870. The first-order valence-electron chi connectivity index (χ1n) is 6.95. The average Bonchev–Trinajstić information content (AvgIpc) is 2.98. The average molecular weight is 301 g/mol. The monoisotopic (exact) mass is 301 g/mol. The standard InChI is InChI=1S/C15H19N5O2/c1-11(10-20-8-2-7-18-20)19-15(22)17-9-12-3-5-13(6-4-12)14(16)21/h2-8,11H,9-10H2,1H3,(H2,16,21)(H2,17,19,22)/t11-/m1/s1. The fourth-order valence-corrected chi connectivity index (χ4v) is 1.98. The van der Waals surface area contributed by atoms with Crippen LogP contribution in [0.4, 0.5) is 4.79 Å². The molecule has 1 heterocycles. The van der Waals surface area contributed by atoms with E-state index in [-0.39, 0.29) is 12.1 Å². The molecule has 0 radical (unpaired) electrons. The summed E-state index contributed by atoms with van der Waals surface area (Å²) in [7, 11) is 0. The number of nitrogens with one attached hydrogen (secondary N) is 2. The summed E-state index contributed by atoms with van der Waals surface area (Å²) in [5.41, 5.74) is 6.50. The van der Waals surface area contributed by atoms with Crippen molar-refractivity contribution in [2.45, 2.75) is 26.1 Å². The van der Waals surface area contributed by atoms with E-state index in [9.17, 15) is 9.59 Å². The largest absolute Gasteiger partial charge is 0.366 e. The molecule has 0 saturated heterocycles. The van der Waals surface area contributed by atoms with Crippen molar-refractivity contribution in [2.75, 3.05) is 0 Å². The molecule has 22 heavy (non-hydrogen) atoms. The van der Waals surface area contributed by atoms with Gasteiger partial charge in [-0.15, -0.1) is 0 Å². The molecule has 2 aromatic rings. The van der Waals surface area contributed by atoms with Gasteiger partial charge in [-0.25, -0.2) is 4.79 Å². The molecule has 0 aliphatic rings. The quantitative estimate of drug-likeness (QED) is 0.737. The number of urea groups is 1. The highest BCUT2D eigenvalue weighted by atomic mass is 16.2. The first-order valence-corrected chi connectivity index (χ1v) is 6.95. The summed E-state index contributed by atoms with van der Waals surface area (Å²) >= 11 is 0. The molecule has 0 saturated carbocycles. The number of benzene rings is 1. The van der Waals surface area contributed by atoms with Crippen molar-refractivity contribution in [3.8, 4) is 0 Å². The van der Waals surface area contributed by atoms with E-state index in [2.05, 4.69) is 15.7 Å². The Bertz CT molecular complexity index is 622. The molecule has 0 bridgehead atoms. The maximum Gasteiger partial charge on any atom is 0.315 e. The van der Waals surface area contributed by atoms with Crippen LogP contribution in [0.15, 0.2) is 42.7 Å². The molecule has 1 atom stereocenters. The molecule has 1 aromatic heterocycles. The SMILES string of the molecule is C[C@H](Cn1cccn1)NC(=O)NCc1ccc(C(N)=O)cc1. The Kier molecular flexibility index (Phi) is 5.13. The van der Waals surface area contributed by atoms with Crippen molar-refractivity contribution in [2.24, 2.45) is 5.73 Å². The lowest BCUT2D eigenvalue weighted by Crippen LogP contribution is -2.42. The number of hydrogen-bond donors (Lipinski definition) is 3. The number of primary amides is 1. The molecule has 0 unspecified atom stereocenters. The Labute approximate surface area is 128 Å². The summed E-state index contributed by atoms with van der Waals surface area (Å²) in [4.78, 5) is 22.8. The lowest BCUT2D eigenvalue weighted by Gasteiger charge is -2.14. The highest BCUT2D eigenvalue weighted by Gasteiger charge is 2.08. The minimum atomic E-state index is -0.468. The first kappa shape index (κ1) is 15.6. The van der Waals surface area contributed by atoms with Crippen molar-refractivity contribution in [1.82, 2.24) is 20.4 Å². The van der Waals surface area contributed by atoms with Gasteiger partial charge in [0.1, 0.15) is 0 Å². The van der Waals surface area contributed by atoms with Gasteiger partial charge in [-0.1, -0.05) is 12.1 Å². The summed E-state index contributed by atoms with van der Waals surface area (Å²) in [6.45, 7) is 2.88. The van der Waals surface area contributed by atoms with Gasteiger partial charge < -0.3 is 16.4 Å². The molecule has 7 nitrogen and oxygen atoms in total. The van der Waals surface area contributed by atoms with Crippen LogP contribution in [0, 0.1) is 0 Å². The molecule has 116 valence electrons. The highest BCUT2D eigenvalue weighted by molar-refractivity contribution is 5.92. The summed E-state index contributed by atoms with van der Waals surface area (Å²) in [6.07, 6.45) is 3.54. The van der Waals surface area contributed by atoms with Gasteiger partial charge in [0, 0.05) is 30.5 Å². The lowest BCUT2D eigenvalue weighted by atomic mass is 10.1. The number of carbonyl (C=O) groups excluding carboxylic acids is 2. The lowest BCUT2D eigenvalue weighted by molar-refractivity contribution is 0.1000. The third-order valence-electron chi connectivity index (χ3n) is 3.09. The topological polar surface area (TPSA) is 102 Å². The molecule has 0 aliphatic heterocycles. The van der Waals surface area contributed by atoms with Crippen LogP contribution < -0.4 is 16.4 Å². The van der Waals surface area contributed by atoms with Crippen LogP contribution in [-0.4, -0.2) is 27.8 Å². The summed E-state index contributed by atoms with van der Waals surface area (Å²) in [5.74, 6) is -0.468. The number of aromatic nitrogens is 2. The Morgan fingerprint density at radius 3 is 2.64 bits per heavy atom. The van der Waals surface area contributed by atoms with Crippen LogP contribution in [0.2, 0.25) is 0 Å². The van der Waals surface area contributed by atoms with E-state index in [1.807, 2.05) is 19.2 Å². The molecule has 2 rings (SSSR count). The van der Waals surface area contributed by atoms with Crippen LogP contribution in [-0.2, 0) is 13.1 Å². The van der Waals surface area contributed by atoms with Crippen LogP contribution >= 0.6 is 0 Å². The number of nitrogens with zero attached hydrogens (tertiary/aromatic N) is 2. The van der Waals surface area contributed by atoms with Crippen LogP contribution in [0.25, 0.3) is 0 Å². The minimum absolute atomic E-state index is 0.0443. The van der Waals surface area contributed by atoms with E-state index in [4.69, 9.17) is 5.73 Å². The van der Waals surface area contributed by atoms with E-state index in [1.165, 1.54) is 0 Å². The third kappa shape index (κ3) is 4.62. The van der Waals surface area contributed by atoms with Crippen LogP contribution in [0.1, 0.15) is 22.8 Å². The van der Waals surface area contributed by atoms with E-state index in [0.717, 1.165) is 5.56 Å². The van der Waals surface area contributed by atoms with Crippen molar-refractivity contribution in [1.29, 1.82) is 0 Å². The normalized spacial score (nSPS) is 11.7. The van der Waals surface area contributed by atoms with Gasteiger partial charge in [0.25, 0.3) is 0 Å². The van der Waals surface area contributed by atoms with Gasteiger partial charge in [-0.3, -0.25) is 9.48 Å². The van der Waals surface area contributed by atoms with Gasteiger partial charge >= 0.3 is 6.03 Å². The van der Waals surface area contributed by atoms with Gasteiger partial charge in [0.15, 0.2) is 0 Å². The van der Waals surface area contributed by atoms with E-state index >= 15 is 0 Å². The molecule has 3 amide bonds. The van der Waals surface area contributed by atoms with E-state index in [0.29, 0.717) is 18.7 Å². The fraction of sp³-hybridized carbons (Fsp3) is 0.267. The zero-order chi connectivity index (χ0) is 15.9. The fourth-order valence-electron chi connectivity index (χ4n) is 1.98. The zero-order valence-corrected chi connectivity index (χ0v) is 12.3. The van der Waals surface area contributed by atoms with Crippen molar-refractivity contribution in [3.05, 3.63) is 53.9 Å². The third-order valence-corrected chi connectivity index (χ3v) is 3.09. The van der Waals surface area contributed by atoms with E-state index in [1.54, 1.807) is 35.1 Å². The Morgan fingerprint density at radius 1 is 1.32 bits per heavy atom.